The summed E-state index contributed by atoms with van der Waals surface area (Å²) in [7, 11) is 0. The molecule has 1 N–H and O–H groups in total. The third-order valence-corrected chi connectivity index (χ3v) is 5.80. The van der Waals surface area contributed by atoms with Crippen LogP contribution in [0.1, 0.15) is 27.9 Å². The topological polar surface area (TPSA) is 57.8 Å². The number of rotatable bonds is 7. The van der Waals surface area contributed by atoms with Crippen LogP contribution in [0.3, 0.4) is 0 Å². The summed E-state index contributed by atoms with van der Waals surface area (Å²) in [6, 6.07) is 18.4. The summed E-state index contributed by atoms with van der Waals surface area (Å²) in [6.07, 6.45) is 0. The third kappa shape index (κ3) is 5.07. The van der Waals surface area contributed by atoms with Crippen molar-refractivity contribution in [2.75, 3.05) is 11.1 Å². The summed E-state index contributed by atoms with van der Waals surface area (Å²) in [6.45, 7) is 4.23. The molecule has 0 saturated carbocycles. The molecule has 0 spiro atoms. The summed E-state index contributed by atoms with van der Waals surface area (Å²) >= 11 is 1.52. The molecule has 0 radical (unpaired) electrons. The van der Waals surface area contributed by atoms with Crippen LogP contribution in [0.5, 0.6) is 0 Å². The van der Waals surface area contributed by atoms with Crippen LogP contribution in [0.25, 0.3) is 0 Å². The number of halogens is 1. The van der Waals surface area contributed by atoms with Gasteiger partial charge in [0.1, 0.15) is 17.7 Å². The largest absolute Gasteiger partial charge is 0.326 e. The number of nitrogens with one attached hydrogen (secondary N) is 1. The molecule has 0 atom stereocenters. The van der Waals surface area contributed by atoms with Crippen LogP contribution in [-0.4, -0.2) is 16.2 Å². The zero-order chi connectivity index (χ0) is 20.8. The van der Waals surface area contributed by atoms with Crippen LogP contribution in [0.2, 0.25) is 0 Å². The molecule has 0 bridgehead atoms. The van der Waals surface area contributed by atoms with Gasteiger partial charge in [-0.3, -0.25) is 4.79 Å². The Hall–Kier alpha value is -3.04. The summed E-state index contributed by atoms with van der Waals surface area (Å²) in [5, 5.41) is 12.5. The minimum Gasteiger partial charge on any atom is -0.326 e. The van der Waals surface area contributed by atoms with Gasteiger partial charge in [0, 0.05) is 18.0 Å². The van der Waals surface area contributed by atoms with Crippen LogP contribution in [0.4, 0.5) is 10.2 Å². The molecule has 3 rings (SSSR count). The van der Waals surface area contributed by atoms with E-state index in [-0.39, 0.29) is 11.7 Å². The first-order valence-electron chi connectivity index (χ1n) is 9.25. The van der Waals surface area contributed by atoms with Gasteiger partial charge < -0.3 is 9.88 Å². The van der Waals surface area contributed by atoms with Crippen LogP contribution in [0, 0.1) is 31.0 Å². The minimum atomic E-state index is -0.296. The molecule has 1 aromatic heterocycles. The van der Waals surface area contributed by atoms with Crippen LogP contribution < -0.4 is 5.32 Å². The van der Waals surface area contributed by atoms with E-state index >= 15 is 0 Å². The lowest BCUT2D eigenvalue weighted by atomic mass is 10.2. The smallest absolute Gasteiger partial charge is 0.235 e. The third-order valence-electron chi connectivity index (χ3n) is 4.80. The zero-order valence-corrected chi connectivity index (χ0v) is 17.2. The average Bonchev–Trinajstić information content (AvgIpc) is 2.94. The summed E-state index contributed by atoms with van der Waals surface area (Å²) in [5.41, 5.74) is 4.25. The second kappa shape index (κ2) is 9.44. The number of thioether (sulfide) groups is 1. The zero-order valence-electron chi connectivity index (χ0n) is 16.4. The number of hydrogen-bond acceptors (Lipinski definition) is 3. The fourth-order valence-electron chi connectivity index (χ4n) is 3.10. The van der Waals surface area contributed by atoms with E-state index in [9.17, 15) is 14.4 Å². The molecular weight excluding hydrogens is 385 g/mol. The molecule has 148 valence electrons. The Morgan fingerprint density at radius 2 is 1.79 bits per heavy atom. The molecule has 0 fully saturated rings. The monoisotopic (exact) mass is 407 g/mol. The van der Waals surface area contributed by atoms with E-state index in [0.29, 0.717) is 23.7 Å². The van der Waals surface area contributed by atoms with E-state index in [1.807, 2.05) is 48.7 Å². The Balaban J connectivity index is 1.74. The molecule has 2 aromatic carbocycles. The highest BCUT2D eigenvalue weighted by Crippen LogP contribution is 2.27. The molecule has 29 heavy (non-hydrogen) atoms. The highest BCUT2D eigenvalue weighted by Gasteiger charge is 2.19. The number of carbonyl (C=O) groups is 1. The van der Waals surface area contributed by atoms with Crippen molar-refractivity contribution in [3.63, 3.8) is 0 Å². The fourth-order valence-corrected chi connectivity index (χ4v) is 3.89. The molecule has 3 aromatic rings. The predicted molar refractivity (Wildman–Crippen MR) is 115 cm³/mol. The van der Waals surface area contributed by atoms with Gasteiger partial charge in [0.15, 0.2) is 0 Å². The maximum atomic E-state index is 13.2. The molecule has 0 aliphatic rings. The highest BCUT2D eigenvalue weighted by molar-refractivity contribution is 7.99. The van der Waals surface area contributed by atoms with Gasteiger partial charge in [-0.2, -0.15) is 5.26 Å². The lowest BCUT2D eigenvalue weighted by molar-refractivity contribution is -0.113. The van der Waals surface area contributed by atoms with E-state index < -0.39 is 0 Å². The molecule has 0 saturated heterocycles. The SMILES string of the molecule is Cc1c(C#N)c(NC(=O)CSCc2ccccc2)n(Cc2ccc(F)cc2)c1C. The van der Waals surface area contributed by atoms with Crippen molar-refractivity contribution < 1.29 is 9.18 Å². The molecule has 0 unspecified atom stereocenters. The highest BCUT2D eigenvalue weighted by atomic mass is 32.2. The first-order valence-corrected chi connectivity index (χ1v) is 10.4. The van der Waals surface area contributed by atoms with Gasteiger partial charge in [-0.15, -0.1) is 11.8 Å². The van der Waals surface area contributed by atoms with Gasteiger partial charge in [0.05, 0.1) is 11.3 Å². The van der Waals surface area contributed by atoms with Crippen molar-refractivity contribution in [3.05, 3.63) is 88.4 Å². The van der Waals surface area contributed by atoms with Crippen molar-refractivity contribution in [1.29, 1.82) is 5.26 Å². The number of benzene rings is 2. The van der Waals surface area contributed by atoms with Gasteiger partial charge in [0.25, 0.3) is 0 Å². The normalized spacial score (nSPS) is 10.6. The predicted octanol–water partition coefficient (Wildman–Crippen LogP) is 5.04. The van der Waals surface area contributed by atoms with E-state index in [4.69, 9.17) is 0 Å². The molecule has 1 heterocycles. The summed E-state index contributed by atoms with van der Waals surface area (Å²) < 4.78 is 15.1. The number of nitriles is 1. The number of carbonyl (C=O) groups excluding carboxylic acids is 1. The van der Waals surface area contributed by atoms with Crippen molar-refractivity contribution in [2.24, 2.45) is 0 Å². The van der Waals surface area contributed by atoms with Gasteiger partial charge in [-0.25, -0.2) is 4.39 Å². The number of hydrogen-bond donors (Lipinski definition) is 1. The van der Waals surface area contributed by atoms with Crippen molar-refractivity contribution >= 4 is 23.5 Å². The van der Waals surface area contributed by atoms with Gasteiger partial charge in [0.2, 0.25) is 5.91 Å². The Morgan fingerprint density at radius 3 is 2.45 bits per heavy atom. The first kappa shape index (κ1) is 20.7. The van der Waals surface area contributed by atoms with E-state index in [1.54, 1.807) is 12.1 Å². The van der Waals surface area contributed by atoms with E-state index in [1.165, 1.54) is 23.9 Å². The van der Waals surface area contributed by atoms with Crippen molar-refractivity contribution in [2.45, 2.75) is 26.1 Å². The van der Waals surface area contributed by atoms with Crippen LogP contribution >= 0.6 is 11.8 Å². The number of amides is 1. The summed E-state index contributed by atoms with van der Waals surface area (Å²) in [5.74, 6) is 1.08. The first-order chi connectivity index (χ1) is 14.0. The fraction of sp³-hybridized carbons (Fsp3) is 0.217. The second-order valence-electron chi connectivity index (χ2n) is 6.79. The standard InChI is InChI=1S/C23H22FN3OS/c1-16-17(2)27(13-18-8-10-20(24)11-9-18)23(21(16)12-25)26-22(28)15-29-14-19-6-4-3-5-7-19/h3-11H,13-15H2,1-2H3,(H,26,28). The van der Waals surface area contributed by atoms with Crippen LogP contribution in [-0.2, 0) is 17.1 Å². The Morgan fingerprint density at radius 1 is 1.10 bits per heavy atom. The number of aromatic nitrogens is 1. The Bertz CT molecular complexity index is 1040. The Kier molecular flexibility index (Phi) is 6.73. The van der Waals surface area contributed by atoms with Crippen LogP contribution in [0.15, 0.2) is 54.6 Å². The molecule has 0 aliphatic heterocycles. The lowest BCUT2D eigenvalue weighted by Gasteiger charge is -2.13. The molecular formula is C23H22FN3OS. The second-order valence-corrected chi connectivity index (χ2v) is 7.77. The Labute approximate surface area is 174 Å². The molecule has 6 heteroatoms. The molecule has 0 aliphatic carbocycles. The van der Waals surface area contributed by atoms with Gasteiger partial charge in [-0.1, -0.05) is 42.5 Å². The van der Waals surface area contributed by atoms with E-state index in [2.05, 4.69) is 11.4 Å². The van der Waals surface area contributed by atoms with Crippen molar-refractivity contribution in [1.82, 2.24) is 4.57 Å². The quantitative estimate of drug-likeness (QED) is 0.597. The van der Waals surface area contributed by atoms with Crippen molar-refractivity contribution in [3.8, 4) is 6.07 Å². The number of nitrogens with zero attached hydrogens (tertiary/aromatic N) is 2. The molecule has 1 amide bonds. The minimum absolute atomic E-state index is 0.153. The average molecular weight is 408 g/mol. The van der Waals surface area contributed by atoms with Gasteiger partial charge in [-0.05, 0) is 42.7 Å². The maximum Gasteiger partial charge on any atom is 0.235 e. The van der Waals surface area contributed by atoms with Gasteiger partial charge >= 0.3 is 0 Å². The van der Waals surface area contributed by atoms with E-state index in [0.717, 1.165) is 28.1 Å². The number of anilines is 1. The maximum absolute atomic E-state index is 13.2. The summed E-state index contributed by atoms with van der Waals surface area (Å²) in [4.78, 5) is 12.5. The molecule has 4 nitrogen and oxygen atoms in total. The lowest BCUT2D eigenvalue weighted by Crippen LogP contribution is -2.18.